The highest BCUT2D eigenvalue weighted by atomic mass is 19.1. The summed E-state index contributed by atoms with van der Waals surface area (Å²) >= 11 is 0. The highest BCUT2D eigenvalue weighted by Gasteiger charge is 2.32. The molecular weight excluding hydrogens is 441 g/mol. The SMILES string of the molecule is CC(=O)NC[C@H]1CN(c2ccc(-c3ccc4nc(Cc5cn[nH]n5)ncc4c3)c(F)c2)C(=O)O1. The fourth-order valence-corrected chi connectivity index (χ4v) is 3.80. The second-order valence-electron chi connectivity index (χ2n) is 7.92. The van der Waals surface area contributed by atoms with Gasteiger partial charge in [-0.15, -0.1) is 0 Å². The number of benzene rings is 2. The van der Waals surface area contributed by atoms with E-state index in [1.54, 1.807) is 30.6 Å². The van der Waals surface area contributed by atoms with Crippen LogP contribution >= 0.6 is 0 Å². The van der Waals surface area contributed by atoms with Crippen molar-refractivity contribution in [1.82, 2.24) is 30.7 Å². The summed E-state index contributed by atoms with van der Waals surface area (Å²) in [6.07, 6.45) is 2.70. The number of cyclic esters (lactones) is 1. The second-order valence-corrected chi connectivity index (χ2v) is 7.92. The maximum Gasteiger partial charge on any atom is 0.414 e. The molecule has 3 heterocycles. The number of rotatable bonds is 6. The number of hydrogen-bond acceptors (Lipinski definition) is 7. The molecule has 0 aliphatic carbocycles. The number of hydrogen-bond donors (Lipinski definition) is 2. The number of amides is 2. The third-order valence-corrected chi connectivity index (χ3v) is 5.46. The van der Waals surface area contributed by atoms with Crippen molar-refractivity contribution in [2.24, 2.45) is 0 Å². The van der Waals surface area contributed by atoms with E-state index in [-0.39, 0.29) is 19.0 Å². The van der Waals surface area contributed by atoms with Crippen LogP contribution in [0.2, 0.25) is 0 Å². The number of aromatic amines is 1. The Kier molecular flexibility index (Phi) is 5.58. The summed E-state index contributed by atoms with van der Waals surface area (Å²) in [6, 6.07) is 10.0. The van der Waals surface area contributed by atoms with Crippen LogP contribution in [0.5, 0.6) is 0 Å². The fraction of sp³-hybridized carbons (Fsp3) is 0.217. The number of ether oxygens (including phenoxy) is 1. The van der Waals surface area contributed by atoms with Crippen molar-refractivity contribution in [3.05, 3.63) is 66.1 Å². The Morgan fingerprint density at radius 2 is 2.15 bits per heavy atom. The van der Waals surface area contributed by atoms with E-state index in [4.69, 9.17) is 4.74 Å². The van der Waals surface area contributed by atoms with Crippen LogP contribution in [0.1, 0.15) is 18.4 Å². The molecule has 34 heavy (non-hydrogen) atoms. The van der Waals surface area contributed by atoms with Crippen LogP contribution in [0, 0.1) is 5.82 Å². The van der Waals surface area contributed by atoms with Gasteiger partial charge < -0.3 is 10.1 Å². The molecule has 11 heteroatoms. The summed E-state index contributed by atoms with van der Waals surface area (Å²) in [6.45, 7) is 1.82. The van der Waals surface area contributed by atoms with Gasteiger partial charge in [0, 0.05) is 24.1 Å². The average molecular weight is 461 g/mol. The Morgan fingerprint density at radius 1 is 1.26 bits per heavy atom. The number of carbonyl (C=O) groups is 2. The molecule has 0 unspecified atom stereocenters. The third kappa shape index (κ3) is 4.40. The van der Waals surface area contributed by atoms with Crippen LogP contribution in [0.15, 0.2) is 48.8 Å². The fourth-order valence-electron chi connectivity index (χ4n) is 3.80. The normalized spacial score (nSPS) is 15.5. The lowest BCUT2D eigenvalue weighted by Gasteiger charge is -2.15. The Hall–Kier alpha value is -4.41. The number of aromatic nitrogens is 5. The van der Waals surface area contributed by atoms with Gasteiger partial charge in [-0.3, -0.25) is 9.69 Å². The molecule has 2 aromatic heterocycles. The standard InChI is InChI=1S/C23H20FN7O3/c1-13(32)25-11-18-12-31(23(33)34-18)17-3-4-19(20(24)8-17)14-2-5-21-15(6-14)9-26-22(28-21)7-16-10-27-30-29-16/h2-6,8-10,18H,7,11-12H2,1H3,(H,25,32)(H,27,29,30)/t18-/m0/s1. The van der Waals surface area contributed by atoms with E-state index >= 15 is 4.39 Å². The van der Waals surface area contributed by atoms with Crippen LogP contribution in [-0.4, -0.2) is 56.6 Å². The van der Waals surface area contributed by atoms with Crippen molar-refractivity contribution >= 4 is 28.6 Å². The van der Waals surface area contributed by atoms with Gasteiger partial charge >= 0.3 is 6.09 Å². The quantitative estimate of drug-likeness (QED) is 0.452. The van der Waals surface area contributed by atoms with E-state index in [2.05, 4.69) is 30.7 Å². The molecule has 2 aromatic carbocycles. The van der Waals surface area contributed by atoms with Crippen molar-refractivity contribution in [3.8, 4) is 11.1 Å². The van der Waals surface area contributed by atoms with Crippen molar-refractivity contribution in [3.63, 3.8) is 0 Å². The Balaban J connectivity index is 1.35. The minimum absolute atomic E-state index is 0.206. The minimum atomic E-state index is -0.577. The first-order valence-electron chi connectivity index (χ1n) is 10.6. The lowest BCUT2D eigenvalue weighted by atomic mass is 10.0. The predicted octanol–water partition coefficient (Wildman–Crippen LogP) is 2.61. The summed E-state index contributed by atoms with van der Waals surface area (Å²) in [5.74, 6) is -0.0746. The molecule has 4 aromatic rings. The van der Waals surface area contributed by atoms with Crippen LogP contribution in [-0.2, 0) is 16.0 Å². The van der Waals surface area contributed by atoms with E-state index in [0.717, 1.165) is 16.6 Å². The van der Waals surface area contributed by atoms with Gasteiger partial charge in [0.15, 0.2) is 0 Å². The number of nitrogens with one attached hydrogen (secondary N) is 2. The zero-order chi connectivity index (χ0) is 23.7. The first-order chi connectivity index (χ1) is 16.5. The molecule has 2 N–H and O–H groups in total. The third-order valence-electron chi connectivity index (χ3n) is 5.46. The lowest BCUT2D eigenvalue weighted by Crippen LogP contribution is -2.33. The molecular formula is C23H20FN7O3. The van der Waals surface area contributed by atoms with Gasteiger partial charge in [0.25, 0.3) is 0 Å². The van der Waals surface area contributed by atoms with Crippen molar-refractivity contribution in [2.75, 3.05) is 18.0 Å². The van der Waals surface area contributed by atoms with Gasteiger partial charge in [0.1, 0.15) is 17.7 Å². The summed E-state index contributed by atoms with van der Waals surface area (Å²) in [5.41, 5.74) is 2.91. The first-order valence-corrected chi connectivity index (χ1v) is 10.6. The largest absolute Gasteiger partial charge is 0.442 e. The molecule has 0 spiro atoms. The molecule has 10 nitrogen and oxygen atoms in total. The minimum Gasteiger partial charge on any atom is -0.442 e. The molecule has 0 bridgehead atoms. The number of carbonyl (C=O) groups excluding carboxylic acids is 2. The Bertz CT molecular complexity index is 1380. The molecule has 1 aliphatic rings. The summed E-state index contributed by atoms with van der Waals surface area (Å²) < 4.78 is 20.3. The number of H-pyrrole nitrogens is 1. The second kappa shape index (κ2) is 8.85. The van der Waals surface area contributed by atoms with Crippen LogP contribution in [0.25, 0.3) is 22.0 Å². The number of halogens is 1. The van der Waals surface area contributed by atoms with Crippen molar-refractivity contribution in [2.45, 2.75) is 19.4 Å². The average Bonchev–Trinajstić information content (AvgIpc) is 3.46. The maximum atomic E-state index is 15.1. The predicted molar refractivity (Wildman–Crippen MR) is 120 cm³/mol. The highest BCUT2D eigenvalue weighted by Crippen LogP contribution is 2.30. The monoisotopic (exact) mass is 461 g/mol. The van der Waals surface area contributed by atoms with Crippen LogP contribution in [0.3, 0.4) is 0 Å². The topological polar surface area (TPSA) is 126 Å². The Labute approximate surface area is 193 Å². The van der Waals surface area contributed by atoms with Gasteiger partial charge in [-0.1, -0.05) is 6.07 Å². The smallest absolute Gasteiger partial charge is 0.414 e. The van der Waals surface area contributed by atoms with Crippen molar-refractivity contribution in [1.29, 1.82) is 0 Å². The molecule has 1 saturated heterocycles. The van der Waals surface area contributed by atoms with E-state index < -0.39 is 18.0 Å². The number of anilines is 1. The summed E-state index contributed by atoms with van der Waals surface area (Å²) in [7, 11) is 0. The molecule has 1 aliphatic heterocycles. The first kappa shape index (κ1) is 21.4. The van der Waals surface area contributed by atoms with Crippen LogP contribution in [0.4, 0.5) is 14.9 Å². The van der Waals surface area contributed by atoms with Gasteiger partial charge in [-0.25, -0.2) is 19.2 Å². The van der Waals surface area contributed by atoms with E-state index in [9.17, 15) is 9.59 Å². The highest BCUT2D eigenvalue weighted by molar-refractivity contribution is 5.90. The van der Waals surface area contributed by atoms with Gasteiger partial charge in [-0.2, -0.15) is 15.4 Å². The molecule has 0 saturated carbocycles. The Morgan fingerprint density at radius 3 is 2.91 bits per heavy atom. The van der Waals surface area contributed by atoms with E-state index in [1.807, 2.05) is 12.1 Å². The van der Waals surface area contributed by atoms with Gasteiger partial charge in [0.2, 0.25) is 5.91 Å². The summed E-state index contributed by atoms with van der Waals surface area (Å²) in [4.78, 5) is 33.6. The van der Waals surface area contributed by atoms with E-state index in [0.29, 0.717) is 29.1 Å². The number of fused-ring (bicyclic) bond motifs is 1. The molecule has 1 atom stereocenters. The van der Waals surface area contributed by atoms with Crippen molar-refractivity contribution < 1.29 is 18.7 Å². The zero-order valence-corrected chi connectivity index (χ0v) is 18.2. The molecule has 1 fully saturated rings. The molecule has 5 rings (SSSR count). The van der Waals surface area contributed by atoms with Gasteiger partial charge in [-0.05, 0) is 35.9 Å². The maximum absolute atomic E-state index is 15.1. The molecule has 0 radical (unpaired) electrons. The zero-order valence-electron chi connectivity index (χ0n) is 18.2. The van der Waals surface area contributed by atoms with E-state index in [1.165, 1.54) is 17.9 Å². The lowest BCUT2D eigenvalue weighted by molar-refractivity contribution is -0.119. The molecule has 172 valence electrons. The van der Waals surface area contributed by atoms with Gasteiger partial charge in [0.05, 0.1) is 42.6 Å². The number of nitrogens with zero attached hydrogens (tertiary/aromatic N) is 5. The van der Waals surface area contributed by atoms with Crippen LogP contribution < -0.4 is 10.2 Å². The molecule has 2 amide bonds. The summed E-state index contributed by atoms with van der Waals surface area (Å²) in [5, 5.41) is 13.7.